The zero-order valence-electron chi connectivity index (χ0n) is 7.11. The Balaban J connectivity index is 2.19. The van der Waals surface area contributed by atoms with Gasteiger partial charge in [-0.05, 0) is 18.4 Å². The number of hydrogen-bond donors (Lipinski definition) is 1. The lowest BCUT2D eigenvalue weighted by Crippen LogP contribution is -2.10. The normalized spacial score (nSPS) is 29.1. The Morgan fingerprint density at radius 1 is 1.08 bits per heavy atom. The third-order valence-corrected chi connectivity index (χ3v) is 2.71. The molecule has 1 N–H and O–H groups in total. The topological polar surface area (TPSA) is 20.2 Å². The Bertz CT molecular complexity index is 242. The summed E-state index contributed by atoms with van der Waals surface area (Å²) >= 11 is 0. The lowest BCUT2D eigenvalue weighted by molar-refractivity contribution is 0.164. The molecule has 0 aliphatic heterocycles. The minimum absolute atomic E-state index is 0.104. The first kappa shape index (κ1) is 7.81. The monoisotopic (exact) mass is 162 g/mol. The van der Waals surface area contributed by atoms with Gasteiger partial charge in [0.25, 0.3) is 0 Å². The highest BCUT2D eigenvalue weighted by molar-refractivity contribution is 5.21. The van der Waals surface area contributed by atoms with Crippen LogP contribution in [0.15, 0.2) is 30.3 Å². The second-order valence-electron chi connectivity index (χ2n) is 3.52. The first-order valence-electron chi connectivity index (χ1n) is 4.61. The molecule has 2 rings (SSSR count). The molecule has 1 heteroatoms. The molecular weight excluding hydrogens is 148 g/mol. The first-order valence-corrected chi connectivity index (χ1v) is 4.61. The lowest BCUT2D eigenvalue weighted by atomic mass is 9.96. The van der Waals surface area contributed by atoms with E-state index < -0.39 is 0 Å². The summed E-state index contributed by atoms with van der Waals surface area (Å²) in [4.78, 5) is 0. The van der Waals surface area contributed by atoms with Crippen LogP contribution in [0, 0.1) is 0 Å². The molecule has 0 radical (unpaired) electrons. The Hall–Kier alpha value is -0.820. The van der Waals surface area contributed by atoms with Gasteiger partial charge in [0, 0.05) is 5.92 Å². The number of aliphatic hydroxyl groups excluding tert-OH is 1. The molecule has 1 fully saturated rings. The van der Waals surface area contributed by atoms with Crippen molar-refractivity contribution in [1.29, 1.82) is 0 Å². The predicted octanol–water partition coefficient (Wildman–Crippen LogP) is 2.32. The molecule has 2 atom stereocenters. The summed E-state index contributed by atoms with van der Waals surface area (Å²) in [5, 5.41) is 9.64. The van der Waals surface area contributed by atoms with Crippen LogP contribution in [0.5, 0.6) is 0 Å². The number of aliphatic hydroxyl groups is 1. The maximum atomic E-state index is 9.64. The van der Waals surface area contributed by atoms with E-state index in [1.54, 1.807) is 0 Å². The third kappa shape index (κ3) is 1.37. The second-order valence-corrected chi connectivity index (χ2v) is 3.52. The van der Waals surface area contributed by atoms with Crippen molar-refractivity contribution in [3.63, 3.8) is 0 Å². The molecule has 1 aliphatic carbocycles. The molecular formula is C11H14O. The van der Waals surface area contributed by atoms with E-state index in [2.05, 4.69) is 12.1 Å². The van der Waals surface area contributed by atoms with Crippen LogP contribution in [0.3, 0.4) is 0 Å². The van der Waals surface area contributed by atoms with Crippen LogP contribution in [-0.4, -0.2) is 11.2 Å². The van der Waals surface area contributed by atoms with Crippen LogP contribution >= 0.6 is 0 Å². The van der Waals surface area contributed by atoms with Gasteiger partial charge in [-0.3, -0.25) is 0 Å². The quantitative estimate of drug-likeness (QED) is 0.672. The van der Waals surface area contributed by atoms with Crippen molar-refractivity contribution in [1.82, 2.24) is 0 Å². The highest BCUT2D eigenvalue weighted by Crippen LogP contribution is 2.34. The van der Waals surface area contributed by atoms with Crippen LogP contribution in [0.2, 0.25) is 0 Å². The summed E-state index contributed by atoms with van der Waals surface area (Å²) in [5.74, 6) is 0.395. The molecule has 1 aromatic carbocycles. The average molecular weight is 162 g/mol. The van der Waals surface area contributed by atoms with E-state index in [4.69, 9.17) is 0 Å². The Labute approximate surface area is 73.0 Å². The van der Waals surface area contributed by atoms with Crippen LogP contribution < -0.4 is 0 Å². The Kier molecular flexibility index (Phi) is 2.13. The minimum atomic E-state index is -0.104. The fourth-order valence-electron chi connectivity index (χ4n) is 2.03. The standard InChI is InChI=1S/C11H14O/c12-11-8-4-7-10(11)9-5-2-1-3-6-9/h1-3,5-6,10-12H,4,7-8H2/t10-,11+/m0/s1. The van der Waals surface area contributed by atoms with E-state index >= 15 is 0 Å². The number of rotatable bonds is 1. The van der Waals surface area contributed by atoms with Crippen LogP contribution in [-0.2, 0) is 0 Å². The molecule has 64 valence electrons. The van der Waals surface area contributed by atoms with Gasteiger partial charge in [0.15, 0.2) is 0 Å². The van der Waals surface area contributed by atoms with Gasteiger partial charge in [-0.15, -0.1) is 0 Å². The highest BCUT2D eigenvalue weighted by Gasteiger charge is 2.25. The summed E-state index contributed by atoms with van der Waals surface area (Å²) in [7, 11) is 0. The molecule has 1 aliphatic rings. The Morgan fingerprint density at radius 2 is 1.83 bits per heavy atom. The maximum Gasteiger partial charge on any atom is 0.0608 e. The fourth-order valence-corrected chi connectivity index (χ4v) is 2.03. The molecule has 0 amide bonds. The second kappa shape index (κ2) is 3.28. The maximum absolute atomic E-state index is 9.64. The Morgan fingerprint density at radius 3 is 2.42 bits per heavy atom. The van der Waals surface area contributed by atoms with Gasteiger partial charge in [0.1, 0.15) is 0 Å². The van der Waals surface area contributed by atoms with Crippen molar-refractivity contribution in [2.75, 3.05) is 0 Å². The van der Waals surface area contributed by atoms with Crippen LogP contribution in [0.25, 0.3) is 0 Å². The molecule has 1 nitrogen and oxygen atoms in total. The van der Waals surface area contributed by atoms with Crippen molar-refractivity contribution in [2.24, 2.45) is 0 Å². The van der Waals surface area contributed by atoms with Crippen molar-refractivity contribution in [2.45, 2.75) is 31.3 Å². The molecule has 1 saturated carbocycles. The van der Waals surface area contributed by atoms with Crippen LogP contribution in [0.1, 0.15) is 30.7 Å². The first-order chi connectivity index (χ1) is 5.88. The molecule has 0 spiro atoms. The molecule has 0 aromatic heterocycles. The smallest absolute Gasteiger partial charge is 0.0608 e. The molecule has 12 heavy (non-hydrogen) atoms. The van der Waals surface area contributed by atoms with Gasteiger partial charge in [-0.1, -0.05) is 36.8 Å². The number of benzene rings is 1. The van der Waals surface area contributed by atoms with Gasteiger partial charge in [0.05, 0.1) is 6.10 Å². The van der Waals surface area contributed by atoms with E-state index in [1.807, 2.05) is 18.2 Å². The average Bonchev–Trinajstić information content (AvgIpc) is 2.53. The van der Waals surface area contributed by atoms with Crippen molar-refractivity contribution in [3.05, 3.63) is 35.9 Å². The van der Waals surface area contributed by atoms with Gasteiger partial charge in [0.2, 0.25) is 0 Å². The summed E-state index contributed by atoms with van der Waals surface area (Å²) in [5.41, 5.74) is 1.29. The summed E-state index contributed by atoms with van der Waals surface area (Å²) in [6.07, 6.45) is 3.18. The zero-order chi connectivity index (χ0) is 8.39. The zero-order valence-corrected chi connectivity index (χ0v) is 7.11. The van der Waals surface area contributed by atoms with E-state index in [9.17, 15) is 5.11 Å². The van der Waals surface area contributed by atoms with E-state index in [1.165, 1.54) is 12.0 Å². The lowest BCUT2D eigenvalue weighted by Gasteiger charge is -2.13. The van der Waals surface area contributed by atoms with Crippen molar-refractivity contribution >= 4 is 0 Å². The SMILES string of the molecule is O[C@@H]1CCC[C@H]1c1ccccc1. The van der Waals surface area contributed by atoms with Crippen molar-refractivity contribution in [3.8, 4) is 0 Å². The molecule has 0 unspecified atom stereocenters. The van der Waals surface area contributed by atoms with Gasteiger partial charge in [-0.25, -0.2) is 0 Å². The van der Waals surface area contributed by atoms with E-state index in [-0.39, 0.29) is 6.10 Å². The van der Waals surface area contributed by atoms with E-state index in [0.717, 1.165) is 12.8 Å². The minimum Gasteiger partial charge on any atom is -0.392 e. The third-order valence-electron chi connectivity index (χ3n) is 2.71. The van der Waals surface area contributed by atoms with Gasteiger partial charge >= 0.3 is 0 Å². The van der Waals surface area contributed by atoms with Gasteiger partial charge in [-0.2, -0.15) is 0 Å². The van der Waals surface area contributed by atoms with Crippen LogP contribution in [0.4, 0.5) is 0 Å². The molecule has 1 aromatic rings. The largest absolute Gasteiger partial charge is 0.392 e. The van der Waals surface area contributed by atoms with Crippen molar-refractivity contribution < 1.29 is 5.11 Å². The molecule has 0 bridgehead atoms. The molecule has 0 heterocycles. The number of hydrogen-bond acceptors (Lipinski definition) is 1. The predicted molar refractivity (Wildman–Crippen MR) is 49.0 cm³/mol. The summed E-state index contributed by atoms with van der Waals surface area (Å²) in [6, 6.07) is 10.3. The fraction of sp³-hybridized carbons (Fsp3) is 0.455. The molecule has 0 saturated heterocycles. The highest BCUT2D eigenvalue weighted by atomic mass is 16.3. The summed E-state index contributed by atoms with van der Waals surface area (Å²) in [6.45, 7) is 0. The van der Waals surface area contributed by atoms with E-state index in [0.29, 0.717) is 5.92 Å². The van der Waals surface area contributed by atoms with Gasteiger partial charge < -0.3 is 5.11 Å². The summed E-state index contributed by atoms with van der Waals surface area (Å²) < 4.78 is 0.